The number of aliphatic hydroxyl groups is 2. The van der Waals surface area contributed by atoms with Crippen LogP contribution in [0.15, 0.2) is 12.2 Å². The van der Waals surface area contributed by atoms with Crippen LogP contribution in [0.25, 0.3) is 0 Å². The molecule has 0 heterocycles. The van der Waals surface area contributed by atoms with Crippen LogP contribution in [0.5, 0.6) is 0 Å². The summed E-state index contributed by atoms with van der Waals surface area (Å²) >= 11 is 0. The summed E-state index contributed by atoms with van der Waals surface area (Å²) in [6.07, 6.45) is 68.1. The molecule has 0 aliphatic carbocycles. The molecule has 6 heteroatoms. The first-order valence-electron chi connectivity index (χ1n) is 30.5. The lowest BCUT2D eigenvalue weighted by molar-refractivity contribution is -0.143. The molecule has 0 aromatic heterocycles. The van der Waals surface area contributed by atoms with Gasteiger partial charge < -0.3 is 20.3 Å². The SMILES string of the molecule is CCCCCCCCCCCCCCCCCCCCCCCC/C=C/C(O)C(CO)NC(=O)CCCCCCCCCCCCCCCCCOC(=O)CCCCCCCCCCCCC. The largest absolute Gasteiger partial charge is 0.466 e. The molecular weight excluding hydrogens is 827 g/mol. The summed E-state index contributed by atoms with van der Waals surface area (Å²) in [6, 6.07) is -0.634. The van der Waals surface area contributed by atoms with Crippen LogP contribution in [0.4, 0.5) is 0 Å². The van der Waals surface area contributed by atoms with E-state index in [2.05, 4.69) is 19.2 Å². The van der Waals surface area contributed by atoms with Crippen molar-refractivity contribution in [2.45, 2.75) is 353 Å². The van der Waals surface area contributed by atoms with Crippen LogP contribution < -0.4 is 5.32 Å². The van der Waals surface area contributed by atoms with Crippen molar-refractivity contribution in [3.63, 3.8) is 0 Å². The van der Waals surface area contributed by atoms with Gasteiger partial charge in [-0.2, -0.15) is 0 Å². The molecule has 3 N–H and O–H groups in total. The summed E-state index contributed by atoms with van der Waals surface area (Å²) in [5.74, 6) is -0.0722. The minimum absolute atomic E-state index is 0.000178. The number of esters is 1. The Morgan fingerprint density at radius 1 is 0.403 bits per heavy atom. The Morgan fingerprint density at radius 2 is 0.687 bits per heavy atom. The van der Waals surface area contributed by atoms with Gasteiger partial charge in [0.25, 0.3) is 0 Å². The number of rotatable bonds is 57. The van der Waals surface area contributed by atoms with Gasteiger partial charge in [0.15, 0.2) is 0 Å². The number of allylic oxidation sites excluding steroid dienone is 1. The molecule has 0 aromatic rings. The van der Waals surface area contributed by atoms with E-state index in [1.807, 2.05) is 6.08 Å². The average molecular weight is 947 g/mol. The smallest absolute Gasteiger partial charge is 0.305 e. The quantitative estimate of drug-likeness (QED) is 0.0321. The molecule has 0 radical (unpaired) electrons. The van der Waals surface area contributed by atoms with Crippen molar-refractivity contribution < 1.29 is 24.5 Å². The maximum absolute atomic E-state index is 12.5. The Morgan fingerprint density at radius 3 is 1.01 bits per heavy atom. The van der Waals surface area contributed by atoms with Crippen LogP contribution in [0.3, 0.4) is 0 Å². The fourth-order valence-corrected chi connectivity index (χ4v) is 9.64. The highest BCUT2D eigenvalue weighted by molar-refractivity contribution is 5.76. The lowest BCUT2D eigenvalue weighted by atomic mass is 10.0. The number of ether oxygens (including phenoxy) is 1. The van der Waals surface area contributed by atoms with Crippen molar-refractivity contribution in [2.24, 2.45) is 0 Å². The van der Waals surface area contributed by atoms with E-state index in [0.717, 1.165) is 44.9 Å². The van der Waals surface area contributed by atoms with Crippen molar-refractivity contribution in [1.82, 2.24) is 5.32 Å². The lowest BCUT2D eigenvalue weighted by Gasteiger charge is -2.20. The van der Waals surface area contributed by atoms with Gasteiger partial charge >= 0.3 is 5.97 Å². The zero-order valence-electron chi connectivity index (χ0n) is 45.4. The van der Waals surface area contributed by atoms with Gasteiger partial charge in [-0.15, -0.1) is 0 Å². The molecule has 398 valence electrons. The number of aliphatic hydroxyl groups excluding tert-OH is 2. The first kappa shape index (κ1) is 65.6. The molecule has 0 spiro atoms. The van der Waals surface area contributed by atoms with Gasteiger partial charge in [-0.25, -0.2) is 0 Å². The molecule has 0 saturated carbocycles. The second-order valence-electron chi connectivity index (χ2n) is 21.0. The molecule has 0 saturated heterocycles. The highest BCUT2D eigenvalue weighted by Crippen LogP contribution is 2.18. The van der Waals surface area contributed by atoms with Crippen LogP contribution in [0.1, 0.15) is 341 Å². The minimum atomic E-state index is -0.850. The summed E-state index contributed by atoms with van der Waals surface area (Å²) in [5, 5.41) is 23.2. The van der Waals surface area contributed by atoms with Crippen LogP contribution in [0.2, 0.25) is 0 Å². The van der Waals surface area contributed by atoms with Gasteiger partial charge in [0.1, 0.15) is 0 Å². The second-order valence-corrected chi connectivity index (χ2v) is 21.0. The first-order valence-corrected chi connectivity index (χ1v) is 30.5. The number of carbonyl (C=O) groups excluding carboxylic acids is 2. The van der Waals surface area contributed by atoms with E-state index in [4.69, 9.17) is 4.74 Å². The van der Waals surface area contributed by atoms with Crippen LogP contribution in [-0.4, -0.2) is 47.4 Å². The molecule has 0 aromatic carbocycles. The van der Waals surface area contributed by atoms with E-state index in [0.29, 0.717) is 19.4 Å². The third kappa shape index (κ3) is 53.8. The van der Waals surface area contributed by atoms with Gasteiger partial charge in [0, 0.05) is 12.8 Å². The Kier molecular flexibility index (Phi) is 56.0. The molecular formula is C61H119NO5. The summed E-state index contributed by atoms with van der Waals surface area (Å²) < 4.78 is 5.46. The Balaban J connectivity index is 3.46. The summed E-state index contributed by atoms with van der Waals surface area (Å²) in [6.45, 7) is 4.91. The van der Waals surface area contributed by atoms with E-state index in [1.165, 1.54) is 270 Å². The molecule has 0 fully saturated rings. The number of hydrogen-bond donors (Lipinski definition) is 3. The topological polar surface area (TPSA) is 95.9 Å². The Hall–Kier alpha value is -1.40. The number of carbonyl (C=O) groups is 2. The highest BCUT2D eigenvalue weighted by Gasteiger charge is 2.18. The number of nitrogens with one attached hydrogen (secondary N) is 1. The molecule has 2 unspecified atom stereocenters. The average Bonchev–Trinajstić information content (AvgIpc) is 3.33. The Labute approximate surface area is 419 Å². The van der Waals surface area contributed by atoms with Crippen molar-refractivity contribution >= 4 is 11.9 Å². The molecule has 67 heavy (non-hydrogen) atoms. The van der Waals surface area contributed by atoms with Crippen LogP contribution in [0, 0.1) is 0 Å². The monoisotopic (exact) mass is 946 g/mol. The highest BCUT2D eigenvalue weighted by atomic mass is 16.5. The molecule has 0 rings (SSSR count). The summed E-state index contributed by atoms with van der Waals surface area (Å²) in [4.78, 5) is 24.5. The Bertz CT molecular complexity index is 1000. The van der Waals surface area contributed by atoms with Crippen molar-refractivity contribution in [2.75, 3.05) is 13.2 Å². The molecule has 1 amide bonds. The van der Waals surface area contributed by atoms with Crippen LogP contribution >= 0.6 is 0 Å². The zero-order valence-corrected chi connectivity index (χ0v) is 45.4. The minimum Gasteiger partial charge on any atom is -0.466 e. The van der Waals surface area contributed by atoms with E-state index in [1.54, 1.807) is 6.08 Å². The molecule has 6 nitrogen and oxygen atoms in total. The second kappa shape index (κ2) is 57.2. The third-order valence-electron chi connectivity index (χ3n) is 14.3. The predicted molar refractivity (Wildman–Crippen MR) is 292 cm³/mol. The third-order valence-corrected chi connectivity index (χ3v) is 14.3. The van der Waals surface area contributed by atoms with E-state index < -0.39 is 12.1 Å². The lowest BCUT2D eigenvalue weighted by Crippen LogP contribution is -2.45. The summed E-state index contributed by atoms with van der Waals surface area (Å²) in [7, 11) is 0. The van der Waals surface area contributed by atoms with Crippen molar-refractivity contribution in [1.29, 1.82) is 0 Å². The fourth-order valence-electron chi connectivity index (χ4n) is 9.64. The van der Waals surface area contributed by atoms with Crippen molar-refractivity contribution in [3.8, 4) is 0 Å². The van der Waals surface area contributed by atoms with Gasteiger partial charge in [-0.05, 0) is 32.1 Å². The maximum atomic E-state index is 12.5. The van der Waals surface area contributed by atoms with Gasteiger partial charge in [0.2, 0.25) is 5.91 Å². The van der Waals surface area contributed by atoms with Gasteiger partial charge in [-0.3, -0.25) is 9.59 Å². The van der Waals surface area contributed by atoms with Crippen LogP contribution in [-0.2, 0) is 14.3 Å². The number of amides is 1. The number of hydrogen-bond acceptors (Lipinski definition) is 5. The van der Waals surface area contributed by atoms with Crippen molar-refractivity contribution in [3.05, 3.63) is 12.2 Å². The van der Waals surface area contributed by atoms with Gasteiger partial charge in [-0.1, -0.05) is 309 Å². The normalized spacial score (nSPS) is 12.6. The maximum Gasteiger partial charge on any atom is 0.305 e. The van der Waals surface area contributed by atoms with E-state index >= 15 is 0 Å². The molecule has 2 atom stereocenters. The van der Waals surface area contributed by atoms with E-state index in [9.17, 15) is 19.8 Å². The number of unbranched alkanes of at least 4 members (excludes halogenated alkanes) is 46. The molecule has 0 bridgehead atoms. The fraction of sp³-hybridized carbons (Fsp3) is 0.934. The summed E-state index contributed by atoms with van der Waals surface area (Å²) in [5.41, 5.74) is 0. The molecule has 0 aliphatic heterocycles. The molecule has 0 aliphatic rings. The first-order chi connectivity index (χ1) is 33.0. The zero-order chi connectivity index (χ0) is 48.6. The van der Waals surface area contributed by atoms with Gasteiger partial charge in [0.05, 0.1) is 25.4 Å². The predicted octanol–water partition coefficient (Wildman–Crippen LogP) is 18.9. The standard InChI is InChI=1S/C61H119NO5/c1-3-5-7-9-11-13-15-16-17-18-19-20-21-22-23-24-25-27-30-34-37-41-45-49-53-59(64)58(57-63)62-60(65)54-50-46-42-38-35-31-28-26-29-32-36-40-44-48-52-56-67-61(66)55-51-47-43-39-33-14-12-10-8-6-4-2/h49,53,58-59,63-64H,3-48,50-52,54-57H2,1-2H3,(H,62,65)/b53-49+. The van der Waals surface area contributed by atoms with E-state index in [-0.39, 0.29) is 18.5 Å².